The molecule has 0 aliphatic carbocycles. The first-order chi connectivity index (χ1) is 14.0. The maximum Gasteiger partial charge on any atom is 0.288 e. The first kappa shape index (κ1) is 20.5. The third-order valence-corrected chi connectivity index (χ3v) is 5.05. The number of halogens is 1. The van der Waals surface area contributed by atoms with Crippen molar-refractivity contribution in [1.29, 1.82) is 0 Å². The zero-order valence-corrected chi connectivity index (χ0v) is 16.4. The SMILES string of the molecule is Cc1ccccc1N1CCN(C(=O)CNC(=O)C(=O)Cc2ccccc2F)CC1. The summed E-state index contributed by atoms with van der Waals surface area (Å²) in [5.74, 6) is -2.41. The molecule has 0 spiro atoms. The summed E-state index contributed by atoms with van der Waals surface area (Å²) in [6.45, 7) is 4.32. The lowest BCUT2D eigenvalue weighted by Gasteiger charge is -2.36. The lowest BCUT2D eigenvalue weighted by molar-refractivity contribution is -0.139. The Morgan fingerprint density at radius 3 is 2.31 bits per heavy atom. The average Bonchev–Trinajstić information content (AvgIpc) is 2.74. The molecule has 3 rings (SSSR count). The summed E-state index contributed by atoms with van der Waals surface area (Å²) in [5.41, 5.74) is 2.51. The zero-order chi connectivity index (χ0) is 20.8. The van der Waals surface area contributed by atoms with Crippen molar-refractivity contribution in [1.82, 2.24) is 10.2 Å². The molecule has 29 heavy (non-hydrogen) atoms. The maximum absolute atomic E-state index is 13.6. The van der Waals surface area contributed by atoms with Crippen molar-refractivity contribution in [3.8, 4) is 0 Å². The Labute approximate surface area is 169 Å². The van der Waals surface area contributed by atoms with Crippen LogP contribution in [0.2, 0.25) is 0 Å². The van der Waals surface area contributed by atoms with Crippen LogP contribution in [0.15, 0.2) is 48.5 Å². The van der Waals surface area contributed by atoms with E-state index in [4.69, 9.17) is 0 Å². The molecule has 7 heteroatoms. The Morgan fingerprint density at radius 2 is 1.62 bits per heavy atom. The van der Waals surface area contributed by atoms with Crippen LogP contribution < -0.4 is 10.2 Å². The number of carbonyl (C=O) groups is 3. The van der Waals surface area contributed by atoms with Gasteiger partial charge in [0.1, 0.15) is 5.82 Å². The number of rotatable bonds is 6. The largest absolute Gasteiger partial charge is 0.368 e. The van der Waals surface area contributed by atoms with Crippen LogP contribution in [0.25, 0.3) is 0 Å². The minimum absolute atomic E-state index is 0.159. The number of benzene rings is 2. The van der Waals surface area contributed by atoms with Crippen LogP contribution in [-0.2, 0) is 20.8 Å². The molecular formula is C22H24FN3O3. The van der Waals surface area contributed by atoms with E-state index in [0.717, 1.165) is 5.69 Å². The highest BCUT2D eigenvalue weighted by Gasteiger charge is 2.23. The van der Waals surface area contributed by atoms with E-state index in [1.165, 1.54) is 23.8 Å². The third kappa shape index (κ3) is 5.19. The summed E-state index contributed by atoms with van der Waals surface area (Å²) in [6, 6.07) is 13.9. The van der Waals surface area contributed by atoms with Crippen molar-refractivity contribution >= 4 is 23.3 Å². The summed E-state index contributed by atoms with van der Waals surface area (Å²) in [7, 11) is 0. The highest BCUT2D eigenvalue weighted by atomic mass is 19.1. The third-order valence-electron chi connectivity index (χ3n) is 5.05. The molecule has 1 aliphatic heterocycles. The van der Waals surface area contributed by atoms with Crippen LogP contribution in [0.3, 0.4) is 0 Å². The second-order valence-corrected chi connectivity index (χ2v) is 7.03. The number of aryl methyl sites for hydroxylation is 1. The number of nitrogens with one attached hydrogen (secondary N) is 1. The number of Topliss-reactive ketones (excluding diaryl/α,β-unsaturated/α-hetero) is 1. The summed E-state index contributed by atoms with van der Waals surface area (Å²) < 4.78 is 13.6. The van der Waals surface area contributed by atoms with Gasteiger partial charge in [0.25, 0.3) is 5.91 Å². The monoisotopic (exact) mass is 397 g/mol. The molecule has 152 valence electrons. The van der Waals surface area contributed by atoms with E-state index in [9.17, 15) is 18.8 Å². The highest BCUT2D eigenvalue weighted by Crippen LogP contribution is 2.20. The summed E-state index contributed by atoms with van der Waals surface area (Å²) in [6.07, 6.45) is -0.332. The van der Waals surface area contributed by atoms with Crippen LogP contribution in [0.4, 0.5) is 10.1 Å². The average molecular weight is 397 g/mol. The first-order valence-electron chi connectivity index (χ1n) is 9.58. The topological polar surface area (TPSA) is 69.7 Å². The lowest BCUT2D eigenvalue weighted by atomic mass is 10.1. The molecule has 0 saturated carbocycles. The van der Waals surface area contributed by atoms with E-state index in [0.29, 0.717) is 26.2 Å². The van der Waals surface area contributed by atoms with Crippen molar-refractivity contribution < 1.29 is 18.8 Å². The molecule has 0 atom stereocenters. The van der Waals surface area contributed by atoms with E-state index < -0.39 is 17.5 Å². The fraction of sp³-hybridized carbons (Fsp3) is 0.318. The summed E-state index contributed by atoms with van der Waals surface area (Å²) >= 11 is 0. The van der Waals surface area contributed by atoms with Gasteiger partial charge in [-0.2, -0.15) is 0 Å². The quantitative estimate of drug-likeness (QED) is 0.754. The van der Waals surface area contributed by atoms with Gasteiger partial charge in [-0.3, -0.25) is 14.4 Å². The molecule has 1 heterocycles. The van der Waals surface area contributed by atoms with Gasteiger partial charge < -0.3 is 15.1 Å². The molecule has 0 bridgehead atoms. The van der Waals surface area contributed by atoms with Gasteiger partial charge in [-0.05, 0) is 30.2 Å². The number of amides is 2. The van der Waals surface area contributed by atoms with Gasteiger partial charge in [0.15, 0.2) is 0 Å². The molecule has 6 nitrogen and oxygen atoms in total. The highest BCUT2D eigenvalue weighted by molar-refractivity contribution is 6.36. The predicted molar refractivity (Wildman–Crippen MR) is 108 cm³/mol. The molecule has 1 N–H and O–H groups in total. The van der Waals surface area contributed by atoms with E-state index in [1.807, 2.05) is 12.1 Å². The molecular weight excluding hydrogens is 373 g/mol. The Morgan fingerprint density at radius 1 is 0.966 bits per heavy atom. The fourth-order valence-electron chi connectivity index (χ4n) is 3.38. The molecule has 1 saturated heterocycles. The van der Waals surface area contributed by atoms with E-state index in [1.54, 1.807) is 11.0 Å². The van der Waals surface area contributed by atoms with Crippen molar-refractivity contribution in [2.75, 3.05) is 37.6 Å². The van der Waals surface area contributed by atoms with E-state index in [-0.39, 0.29) is 24.4 Å². The maximum atomic E-state index is 13.6. The second-order valence-electron chi connectivity index (χ2n) is 7.03. The van der Waals surface area contributed by atoms with Crippen LogP contribution >= 0.6 is 0 Å². The number of piperazine rings is 1. The second kappa shape index (κ2) is 9.32. The molecule has 1 fully saturated rings. The van der Waals surface area contributed by atoms with Crippen molar-refractivity contribution in [3.05, 3.63) is 65.5 Å². The number of hydrogen-bond donors (Lipinski definition) is 1. The molecule has 0 radical (unpaired) electrons. The zero-order valence-electron chi connectivity index (χ0n) is 16.4. The molecule has 1 aliphatic rings. The minimum atomic E-state index is -0.875. The fourth-order valence-corrected chi connectivity index (χ4v) is 3.38. The number of hydrogen-bond acceptors (Lipinski definition) is 4. The normalized spacial score (nSPS) is 13.9. The van der Waals surface area contributed by atoms with Crippen LogP contribution in [0, 0.1) is 12.7 Å². The summed E-state index contributed by atoms with van der Waals surface area (Å²) in [4.78, 5) is 40.2. The first-order valence-corrected chi connectivity index (χ1v) is 9.58. The van der Waals surface area contributed by atoms with Gasteiger partial charge in [-0.1, -0.05) is 36.4 Å². The summed E-state index contributed by atoms with van der Waals surface area (Å²) in [5, 5.41) is 2.36. The molecule has 2 aromatic carbocycles. The molecule has 2 aromatic rings. The number of carbonyl (C=O) groups excluding carboxylic acids is 3. The Hall–Kier alpha value is -3.22. The van der Waals surface area contributed by atoms with Crippen molar-refractivity contribution in [3.63, 3.8) is 0 Å². The van der Waals surface area contributed by atoms with Crippen LogP contribution in [0.1, 0.15) is 11.1 Å². The number of ketones is 1. The Bertz CT molecular complexity index is 908. The molecule has 2 amide bonds. The van der Waals surface area contributed by atoms with Crippen molar-refractivity contribution in [2.24, 2.45) is 0 Å². The van der Waals surface area contributed by atoms with Gasteiger partial charge >= 0.3 is 0 Å². The van der Waals surface area contributed by atoms with Gasteiger partial charge in [-0.25, -0.2) is 4.39 Å². The van der Waals surface area contributed by atoms with Gasteiger partial charge in [0.2, 0.25) is 11.7 Å². The van der Waals surface area contributed by atoms with E-state index in [2.05, 4.69) is 29.3 Å². The number of anilines is 1. The Balaban J connectivity index is 1.45. The smallest absolute Gasteiger partial charge is 0.288 e. The van der Waals surface area contributed by atoms with Crippen LogP contribution in [0.5, 0.6) is 0 Å². The predicted octanol–water partition coefficient (Wildman–Crippen LogP) is 1.71. The van der Waals surface area contributed by atoms with Gasteiger partial charge in [0.05, 0.1) is 6.54 Å². The number of nitrogens with zero attached hydrogens (tertiary/aromatic N) is 2. The van der Waals surface area contributed by atoms with Gasteiger partial charge in [-0.15, -0.1) is 0 Å². The van der Waals surface area contributed by atoms with Crippen LogP contribution in [-0.4, -0.2) is 55.2 Å². The van der Waals surface area contributed by atoms with E-state index >= 15 is 0 Å². The lowest BCUT2D eigenvalue weighted by Crippen LogP contribution is -2.51. The molecule has 0 unspecified atom stereocenters. The molecule has 0 aromatic heterocycles. The van der Waals surface area contributed by atoms with Gasteiger partial charge in [0, 0.05) is 38.3 Å². The minimum Gasteiger partial charge on any atom is -0.368 e. The number of para-hydroxylation sites is 1. The van der Waals surface area contributed by atoms with Crippen molar-refractivity contribution in [2.45, 2.75) is 13.3 Å². The Kier molecular flexibility index (Phi) is 6.59. The standard InChI is InChI=1S/C22H24FN3O3/c1-16-6-2-5-9-19(16)25-10-12-26(13-11-25)21(28)15-24-22(29)20(27)14-17-7-3-4-8-18(17)23/h2-9H,10-15H2,1H3,(H,24,29).